The fraction of sp³-hybridized carbons (Fsp3) is 0.0952. The van der Waals surface area contributed by atoms with Crippen LogP contribution in [0, 0.1) is 17.0 Å². The summed E-state index contributed by atoms with van der Waals surface area (Å²) in [5.74, 6) is -0.320. The van der Waals surface area contributed by atoms with Crippen molar-refractivity contribution < 1.29 is 22.9 Å². The number of hydrogen-bond acceptors (Lipinski definition) is 6. The zero-order valence-electron chi connectivity index (χ0n) is 17.0. The van der Waals surface area contributed by atoms with Gasteiger partial charge in [-0.25, -0.2) is 8.42 Å². The maximum Gasteiger partial charge on any atom is 0.271 e. The molecule has 0 unspecified atom stereocenters. The molecule has 0 spiro atoms. The van der Waals surface area contributed by atoms with E-state index in [2.05, 4.69) is 10.0 Å². The number of sulfonamides is 1. The standard InChI is InChI=1S/C21H18ClN3O6S/c1-13-17(22)4-3-5-18(13)23-21(26)14-6-9-16(10-7-14)32(29,30)24-19-12-15(25(27)28)8-11-20(19)31-2/h3-12,24H,1-2H3,(H,23,26). The van der Waals surface area contributed by atoms with Crippen LogP contribution in [0.15, 0.2) is 65.6 Å². The minimum absolute atomic E-state index is 0.0834. The van der Waals surface area contributed by atoms with Gasteiger partial charge in [-0.1, -0.05) is 17.7 Å². The van der Waals surface area contributed by atoms with Crippen LogP contribution >= 0.6 is 11.6 Å². The maximum absolute atomic E-state index is 12.8. The Bertz CT molecular complexity index is 1290. The molecule has 0 aromatic heterocycles. The molecule has 0 fully saturated rings. The number of anilines is 2. The van der Waals surface area contributed by atoms with E-state index in [4.69, 9.17) is 16.3 Å². The van der Waals surface area contributed by atoms with Gasteiger partial charge in [-0.2, -0.15) is 0 Å². The normalized spacial score (nSPS) is 11.0. The van der Waals surface area contributed by atoms with E-state index in [0.29, 0.717) is 16.3 Å². The predicted octanol–water partition coefficient (Wildman–Crippen LogP) is 4.62. The number of nitrogens with one attached hydrogen (secondary N) is 2. The second-order valence-corrected chi connectivity index (χ2v) is 8.73. The zero-order chi connectivity index (χ0) is 23.5. The largest absolute Gasteiger partial charge is 0.495 e. The first-order valence-corrected chi connectivity index (χ1v) is 11.0. The van der Waals surface area contributed by atoms with Crippen molar-refractivity contribution in [1.29, 1.82) is 0 Å². The van der Waals surface area contributed by atoms with Crippen LogP contribution in [-0.2, 0) is 10.0 Å². The van der Waals surface area contributed by atoms with Gasteiger partial charge in [0, 0.05) is 28.4 Å². The number of carbonyl (C=O) groups is 1. The number of amides is 1. The van der Waals surface area contributed by atoms with Gasteiger partial charge in [0.1, 0.15) is 5.75 Å². The van der Waals surface area contributed by atoms with Crippen LogP contribution in [-0.4, -0.2) is 26.4 Å². The van der Waals surface area contributed by atoms with E-state index in [1.165, 1.54) is 43.5 Å². The average Bonchev–Trinajstić information content (AvgIpc) is 2.76. The number of non-ortho nitro benzene ring substituents is 1. The highest BCUT2D eigenvalue weighted by atomic mass is 35.5. The average molecular weight is 476 g/mol. The van der Waals surface area contributed by atoms with Gasteiger partial charge < -0.3 is 10.1 Å². The highest BCUT2D eigenvalue weighted by Crippen LogP contribution is 2.31. The van der Waals surface area contributed by atoms with Gasteiger partial charge in [0.2, 0.25) is 0 Å². The van der Waals surface area contributed by atoms with E-state index >= 15 is 0 Å². The van der Waals surface area contributed by atoms with Crippen molar-refractivity contribution in [2.24, 2.45) is 0 Å². The third-order valence-electron chi connectivity index (χ3n) is 4.58. The van der Waals surface area contributed by atoms with Crippen LogP contribution in [0.1, 0.15) is 15.9 Å². The number of benzene rings is 3. The van der Waals surface area contributed by atoms with Crippen LogP contribution in [0.25, 0.3) is 0 Å². The molecule has 3 rings (SSSR count). The number of carbonyl (C=O) groups excluding carboxylic acids is 1. The fourth-order valence-corrected chi connectivity index (χ4v) is 4.05. The molecule has 0 saturated carbocycles. The predicted molar refractivity (Wildman–Crippen MR) is 121 cm³/mol. The number of hydrogen-bond donors (Lipinski definition) is 2. The summed E-state index contributed by atoms with van der Waals surface area (Å²) in [6.07, 6.45) is 0. The summed E-state index contributed by atoms with van der Waals surface area (Å²) >= 11 is 6.06. The Morgan fingerprint density at radius 1 is 1.06 bits per heavy atom. The summed E-state index contributed by atoms with van der Waals surface area (Å²) in [5.41, 5.74) is 1.10. The molecule has 9 nitrogen and oxygen atoms in total. The van der Waals surface area contributed by atoms with Crippen molar-refractivity contribution in [1.82, 2.24) is 0 Å². The van der Waals surface area contributed by atoms with Crippen LogP contribution < -0.4 is 14.8 Å². The van der Waals surface area contributed by atoms with E-state index in [1.54, 1.807) is 25.1 Å². The lowest BCUT2D eigenvalue weighted by atomic mass is 10.1. The molecule has 0 saturated heterocycles. The number of methoxy groups -OCH3 is 1. The van der Waals surface area contributed by atoms with Crippen LogP contribution in [0.3, 0.4) is 0 Å². The lowest BCUT2D eigenvalue weighted by molar-refractivity contribution is -0.384. The molecular formula is C21H18ClN3O6S. The summed E-state index contributed by atoms with van der Waals surface area (Å²) in [6.45, 7) is 1.77. The molecule has 32 heavy (non-hydrogen) atoms. The quantitative estimate of drug-likeness (QED) is 0.379. The van der Waals surface area contributed by atoms with E-state index in [-0.39, 0.29) is 27.6 Å². The number of nitro benzene ring substituents is 1. The summed E-state index contributed by atoms with van der Waals surface area (Å²) in [7, 11) is -2.79. The molecule has 2 N–H and O–H groups in total. The maximum atomic E-state index is 12.8. The first-order chi connectivity index (χ1) is 15.1. The van der Waals surface area contributed by atoms with E-state index in [9.17, 15) is 23.3 Å². The Kier molecular flexibility index (Phi) is 6.66. The topological polar surface area (TPSA) is 128 Å². The highest BCUT2D eigenvalue weighted by Gasteiger charge is 2.20. The van der Waals surface area contributed by atoms with Gasteiger partial charge in [-0.3, -0.25) is 19.6 Å². The molecule has 0 bridgehead atoms. The molecule has 166 valence electrons. The van der Waals surface area contributed by atoms with E-state index < -0.39 is 20.9 Å². The zero-order valence-corrected chi connectivity index (χ0v) is 18.5. The Hall–Kier alpha value is -3.63. The fourth-order valence-electron chi connectivity index (χ4n) is 2.82. The number of halogens is 1. The molecule has 1 amide bonds. The molecule has 0 aliphatic rings. The van der Waals surface area contributed by atoms with Crippen molar-refractivity contribution in [3.05, 3.63) is 86.9 Å². The van der Waals surface area contributed by atoms with Crippen molar-refractivity contribution >= 4 is 44.6 Å². The molecule has 11 heteroatoms. The second kappa shape index (κ2) is 9.25. The molecule has 3 aromatic rings. The second-order valence-electron chi connectivity index (χ2n) is 6.64. The first kappa shape index (κ1) is 23.0. The lowest BCUT2D eigenvalue weighted by Crippen LogP contribution is -2.15. The number of nitrogens with zero attached hydrogens (tertiary/aromatic N) is 1. The van der Waals surface area contributed by atoms with Gasteiger partial charge in [-0.15, -0.1) is 0 Å². The molecular weight excluding hydrogens is 458 g/mol. The summed E-state index contributed by atoms with van der Waals surface area (Å²) in [6, 6.07) is 13.9. The number of nitro groups is 1. The van der Waals surface area contributed by atoms with Crippen LogP contribution in [0.4, 0.5) is 17.1 Å². The summed E-state index contributed by atoms with van der Waals surface area (Å²) in [5, 5.41) is 14.2. The first-order valence-electron chi connectivity index (χ1n) is 9.14. The summed E-state index contributed by atoms with van der Waals surface area (Å²) in [4.78, 5) is 22.7. The lowest BCUT2D eigenvalue weighted by Gasteiger charge is -2.12. The molecule has 0 atom stereocenters. The van der Waals surface area contributed by atoms with Gasteiger partial charge in [0.15, 0.2) is 0 Å². The minimum atomic E-state index is -4.10. The van der Waals surface area contributed by atoms with Gasteiger partial charge in [0.05, 0.1) is 22.6 Å². The van der Waals surface area contributed by atoms with Crippen molar-refractivity contribution in [2.45, 2.75) is 11.8 Å². The van der Waals surface area contributed by atoms with Gasteiger partial charge >= 0.3 is 0 Å². The Morgan fingerprint density at radius 2 is 1.75 bits per heavy atom. The molecule has 0 radical (unpaired) electrons. The Balaban J connectivity index is 1.82. The molecule has 0 heterocycles. The van der Waals surface area contributed by atoms with Gasteiger partial charge in [-0.05, 0) is 55.0 Å². The molecule has 3 aromatic carbocycles. The Labute approximate surface area is 189 Å². The number of ether oxygens (including phenoxy) is 1. The third kappa shape index (κ3) is 4.98. The minimum Gasteiger partial charge on any atom is -0.495 e. The smallest absolute Gasteiger partial charge is 0.271 e. The van der Waals surface area contributed by atoms with Crippen molar-refractivity contribution in [2.75, 3.05) is 17.1 Å². The number of rotatable bonds is 7. The highest BCUT2D eigenvalue weighted by molar-refractivity contribution is 7.92. The monoisotopic (exact) mass is 475 g/mol. The van der Waals surface area contributed by atoms with E-state index in [0.717, 1.165) is 6.07 Å². The van der Waals surface area contributed by atoms with Crippen molar-refractivity contribution in [3.8, 4) is 5.75 Å². The molecule has 0 aliphatic carbocycles. The third-order valence-corrected chi connectivity index (χ3v) is 6.37. The molecule has 0 aliphatic heterocycles. The van der Waals surface area contributed by atoms with Crippen LogP contribution in [0.2, 0.25) is 5.02 Å². The van der Waals surface area contributed by atoms with Crippen LogP contribution in [0.5, 0.6) is 5.75 Å². The Morgan fingerprint density at radius 3 is 2.38 bits per heavy atom. The van der Waals surface area contributed by atoms with Crippen molar-refractivity contribution in [3.63, 3.8) is 0 Å². The van der Waals surface area contributed by atoms with Gasteiger partial charge in [0.25, 0.3) is 21.6 Å². The SMILES string of the molecule is COc1ccc([N+](=O)[O-])cc1NS(=O)(=O)c1ccc(C(=O)Nc2cccc(Cl)c2C)cc1. The van der Waals surface area contributed by atoms with E-state index in [1.807, 2.05) is 0 Å². The summed E-state index contributed by atoms with van der Waals surface area (Å²) < 4.78 is 32.9.